The Morgan fingerprint density at radius 2 is 1.86 bits per heavy atom. The molecule has 0 saturated carbocycles. The zero-order chi connectivity index (χ0) is 21.0. The van der Waals surface area contributed by atoms with Crippen LogP contribution in [0.2, 0.25) is 0 Å². The third-order valence-electron chi connectivity index (χ3n) is 4.35. The van der Waals surface area contributed by atoms with Crippen molar-refractivity contribution in [2.24, 2.45) is 0 Å². The molecule has 2 aromatic rings. The molecule has 7 heteroatoms. The third-order valence-corrected chi connectivity index (χ3v) is 5.18. The summed E-state index contributed by atoms with van der Waals surface area (Å²) in [7, 11) is 0. The summed E-state index contributed by atoms with van der Waals surface area (Å²) in [6.07, 6.45) is -1.09. The van der Waals surface area contributed by atoms with E-state index in [9.17, 15) is 14.7 Å². The molecule has 0 unspecified atom stereocenters. The first kappa shape index (κ1) is 21.5. The van der Waals surface area contributed by atoms with Gasteiger partial charge in [0.2, 0.25) is 0 Å². The van der Waals surface area contributed by atoms with Crippen LogP contribution >= 0.6 is 11.3 Å². The molecule has 28 heavy (non-hydrogen) atoms. The van der Waals surface area contributed by atoms with Gasteiger partial charge in [0.05, 0.1) is 5.56 Å². The number of anilines is 1. The minimum Gasteiger partial charge on any atom is -0.507 e. The largest absolute Gasteiger partial charge is 0.507 e. The summed E-state index contributed by atoms with van der Waals surface area (Å²) in [6, 6.07) is 7.07. The van der Waals surface area contributed by atoms with E-state index in [0.29, 0.717) is 16.1 Å². The van der Waals surface area contributed by atoms with E-state index in [1.54, 1.807) is 17.5 Å². The molecule has 2 rings (SSSR count). The summed E-state index contributed by atoms with van der Waals surface area (Å²) in [4.78, 5) is 25.0. The van der Waals surface area contributed by atoms with Gasteiger partial charge >= 0.3 is 5.97 Å². The van der Waals surface area contributed by atoms with E-state index < -0.39 is 18.0 Å². The second kappa shape index (κ2) is 8.89. The molecule has 148 valence electrons. The van der Waals surface area contributed by atoms with Crippen molar-refractivity contribution in [3.8, 4) is 11.8 Å². The summed E-state index contributed by atoms with van der Waals surface area (Å²) >= 11 is 1.21. The first-order valence-electron chi connectivity index (χ1n) is 9.01. The lowest BCUT2D eigenvalue weighted by Gasteiger charge is -2.18. The predicted molar refractivity (Wildman–Crippen MR) is 109 cm³/mol. The van der Waals surface area contributed by atoms with Crippen molar-refractivity contribution in [2.75, 3.05) is 5.32 Å². The van der Waals surface area contributed by atoms with Crippen molar-refractivity contribution in [3.05, 3.63) is 45.8 Å². The number of nitrogens with one attached hydrogen (secondary N) is 1. The number of esters is 1. The Kier molecular flexibility index (Phi) is 6.81. The average Bonchev–Trinajstić information content (AvgIpc) is 3.08. The summed E-state index contributed by atoms with van der Waals surface area (Å²) in [6.45, 7) is 9.29. The Morgan fingerprint density at radius 1 is 1.18 bits per heavy atom. The first-order chi connectivity index (χ1) is 13.1. The molecule has 1 amide bonds. The Morgan fingerprint density at radius 3 is 2.43 bits per heavy atom. The van der Waals surface area contributed by atoms with Crippen LogP contribution in [-0.2, 0) is 9.53 Å². The first-order valence-corrected chi connectivity index (χ1v) is 9.89. The van der Waals surface area contributed by atoms with Gasteiger partial charge in [0.15, 0.2) is 6.10 Å². The second-order valence-corrected chi connectivity index (χ2v) is 8.04. The molecule has 1 heterocycles. The van der Waals surface area contributed by atoms with Gasteiger partial charge in [-0.25, -0.2) is 4.79 Å². The van der Waals surface area contributed by atoms with Crippen LogP contribution in [0.15, 0.2) is 23.6 Å². The monoisotopic (exact) mass is 400 g/mol. The Bertz CT molecular complexity index is 925. The zero-order valence-corrected chi connectivity index (χ0v) is 17.4. The summed E-state index contributed by atoms with van der Waals surface area (Å²) in [5, 5.41) is 24.2. The van der Waals surface area contributed by atoms with Crippen molar-refractivity contribution in [2.45, 2.75) is 52.6 Å². The molecule has 2 N–H and O–H groups in total. The van der Waals surface area contributed by atoms with Crippen LogP contribution in [0.5, 0.6) is 5.75 Å². The van der Waals surface area contributed by atoms with Gasteiger partial charge in [0, 0.05) is 0 Å². The molecule has 0 saturated heterocycles. The predicted octanol–water partition coefficient (Wildman–Crippen LogP) is 4.76. The van der Waals surface area contributed by atoms with E-state index in [1.807, 2.05) is 39.8 Å². The fraction of sp³-hybridized carbons (Fsp3) is 0.381. The molecule has 0 aliphatic heterocycles. The van der Waals surface area contributed by atoms with Gasteiger partial charge in [-0.1, -0.05) is 33.8 Å². The highest BCUT2D eigenvalue weighted by Crippen LogP contribution is 2.33. The number of amides is 1. The molecule has 1 aromatic heterocycles. The van der Waals surface area contributed by atoms with Crippen LogP contribution < -0.4 is 5.32 Å². The number of phenols is 1. The Hall–Kier alpha value is -2.85. The highest BCUT2D eigenvalue weighted by atomic mass is 32.1. The van der Waals surface area contributed by atoms with Crippen LogP contribution in [0.3, 0.4) is 0 Å². The summed E-state index contributed by atoms with van der Waals surface area (Å²) in [5.74, 6) is -1.25. The SMILES string of the molecule is CC(C)c1cc(C(=O)O[C@@H](C)C(=O)Nc2sccc2C#N)c(O)c(C(C)C)c1. The molecule has 0 spiro atoms. The Balaban J connectivity index is 2.22. The van der Waals surface area contributed by atoms with Gasteiger partial charge in [-0.15, -0.1) is 11.3 Å². The molecule has 0 aliphatic carbocycles. The van der Waals surface area contributed by atoms with Gasteiger partial charge < -0.3 is 15.2 Å². The number of nitrogens with zero attached hydrogens (tertiary/aromatic N) is 1. The molecular formula is C21H24N2O4S. The molecule has 0 aliphatic rings. The number of nitriles is 1. The number of carbonyl (C=O) groups is 2. The van der Waals surface area contributed by atoms with Crippen molar-refractivity contribution < 1.29 is 19.4 Å². The van der Waals surface area contributed by atoms with Crippen LogP contribution in [0.25, 0.3) is 0 Å². The highest BCUT2D eigenvalue weighted by molar-refractivity contribution is 7.14. The number of thiophene rings is 1. The maximum Gasteiger partial charge on any atom is 0.342 e. The van der Waals surface area contributed by atoms with Gasteiger partial charge in [0.1, 0.15) is 22.4 Å². The van der Waals surface area contributed by atoms with Gasteiger partial charge in [-0.3, -0.25) is 4.79 Å². The number of aromatic hydroxyl groups is 1. The van der Waals surface area contributed by atoms with Gasteiger partial charge in [0.25, 0.3) is 5.91 Å². The molecule has 6 nitrogen and oxygen atoms in total. The summed E-state index contributed by atoms with van der Waals surface area (Å²) < 4.78 is 5.28. The summed E-state index contributed by atoms with van der Waals surface area (Å²) in [5.41, 5.74) is 1.96. The zero-order valence-electron chi connectivity index (χ0n) is 16.6. The fourth-order valence-corrected chi connectivity index (χ4v) is 3.33. The fourth-order valence-electron chi connectivity index (χ4n) is 2.59. The van der Waals surface area contributed by atoms with E-state index in [4.69, 9.17) is 10.00 Å². The lowest BCUT2D eigenvalue weighted by Crippen LogP contribution is -2.30. The van der Waals surface area contributed by atoms with E-state index >= 15 is 0 Å². The van der Waals surface area contributed by atoms with Crippen LogP contribution in [-0.4, -0.2) is 23.1 Å². The molecule has 0 radical (unpaired) electrons. The molecule has 0 fully saturated rings. The van der Waals surface area contributed by atoms with Gasteiger partial charge in [-0.05, 0) is 47.4 Å². The third kappa shape index (κ3) is 4.70. The molecule has 1 atom stereocenters. The maximum absolute atomic E-state index is 12.6. The van der Waals surface area contributed by atoms with Crippen molar-refractivity contribution >= 4 is 28.2 Å². The van der Waals surface area contributed by atoms with Crippen molar-refractivity contribution in [1.82, 2.24) is 0 Å². The smallest absolute Gasteiger partial charge is 0.342 e. The molecule has 0 bridgehead atoms. The number of benzene rings is 1. The van der Waals surface area contributed by atoms with E-state index in [2.05, 4.69) is 5.32 Å². The Labute approximate surface area is 168 Å². The maximum atomic E-state index is 12.6. The number of hydrogen-bond donors (Lipinski definition) is 2. The van der Waals surface area contributed by atoms with Crippen molar-refractivity contribution in [3.63, 3.8) is 0 Å². The number of ether oxygens (including phenoxy) is 1. The minimum atomic E-state index is -1.09. The van der Waals surface area contributed by atoms with E-state index in [0.717, 1.165) is 5.56 Å². The second-order valence-electron chi connectivity index (χ2n) is 7.13. The van der Waals surface area contributed by atoms with Crippen LogP contribution in [0.4, 0.5) is 5.00 Å². The quantitative estimate of drug-likeness (QED) is 0.681. The minimum absolute atomic E-state index is 0.0224. The standard InChI is InChI=1S/C21H24N2O4S/c1-11(2)15-8-16(12(3)4)18(24)17(9-15)21(26)27-13(5)19(25)23-20-14(10-22)6-7-28-20/h6-9,11-13,24H,1-5H3,(H,23,25)/t13-/m0/s1. The number of hydrogen-bond acceptors (Lipinski definition) is 6. The number of rotatable bonds is 6. The van der Waals surface area contributed by atoms with E-state index in [1.165, 1.54) is 18.3 Å². The normalized spacial score (nSPS) is 11.9. The molecule has 1 aromatic carbocycles. The topological polar surface area (TPSA) is 99.4 Å². The van der Waals surface area contributed by atoms with E-state index in [-0.39, 0.29) is 23.1 Å². The lowest BCUT2D eigenvalue weighted by molar-refractivity contribution is -0.123. The van der Waals surface area contributed by atoms with Gasteiger partial charge in [-0.2, -0.15) is 5.26 Å². The van der Waals surface area contributed by atoms with Crippen LogP contribution in [0.1, 0.15) is 73.5 Å². The number of carbonyl (C=O) groups excluding carboxylic acids is 2. The van der Waals surface area contributed by atoms with Crippen LogP contribution in [0, 0.1) is 11.3 Å². The molecular weight excluding hydrogens is 376 g/mol. The number of phenolic OH excluding ortho intramolecular Hbond substituents is 1. The van der Waals surface area contributed by atoms with Crippen molar-refractivity contribution in [1.29, 1.82) is 5.26 Å². The highest BCUT2D eigenvalue weighted by Gasteiger charge is 2.25. The lowest BCUT2D eigenvalue weighted by atomic mass is 9.92. The average molecular weight is 401 g/mol.